The molecule has 2 aromatic rings. The van der Waals surface area contributed by atoms with Gasteiger partial charge in [-0.05, 0) is 72.3 Å². The van der Waals surface area contributed by atoms with E-state index < -0.39 is 24.0 Å². The van der Waals surface area contributed by atoms with Crippen LogP contribution in [0.15, 0.2) is 60.7 Å². The summed E-state index contributed by atoms with van der Waals surface area (Å²) in [5.41, 5.74) is 1.77. The zero-order valence-electron chi connectivity index (χ0n) is 32.4. The highest BCUT2D eigenvalue weighted by atomic mass is 16.5. The Morgan fingerprint density at radius 1 is 0.596 bits per heavy atom. The number of benzene rings is 2. The fraction of sp³-hybridized carbons (Fsp3) is 0.682. The molecule has 8 heteroatoms. The third-order valence-corrected chi connectivity index (χ3v) is 12.2. The molecule has 3 aliphatic rings. The van der Waals surface area contributed by atoms with E-state index in [2.05, 4.69) is 41.5 Å². The van der Waals surface area contributed by atoms with Crippen molar-refractivity contribution in [2.45, 2.75) is 131 Å². The Hall–Kier alpha value is -2.78. The van der Waals surface area contributed by atoms with Gasteiger partial charge in [-0.2, -0.15) is 0 Å². The van der Waals surface area contributed by atoms with Crippen molar-refractivity contribution in [2.75, 3.05) is 13.2 Å². The van der Waals surface area contributed by atoms with E-state index in [1.165, 1.54) is 0 Å². The Kier molecular flexibility index (Phi) is 14.0. The smallest absolute Gasteiger partial charge is 0.311 e. The second-order valence-corrected chi connectivity index (χ2v) is 18.0. The molecule has 3 fully saturated rings. The summed E-state index contributed by atoms with van der Waals surface area (Å²) < 4.78 is 24.7. The van der Waals surface area contributed by atoms with Crippen molar-refractivity contribution >= 4 is 11.9 Å². The van der Waals surface area contributed by atoms with E-state index in [-0.39, 0.29) is 71.9 Å². The fourth-order valence-electron chi connectivity index (χ4n) is 8.58. The maximum atomic E-state index is 13.4. The van der Waals surface area contributed by atoms with Gasteiger partial charge in [0.1, 0.15) is 13.2 Å². The molecule has 8 nitrogen and oxygen atoms in total. The summed E-state index contributed by atoms with van der Waals surface area (Å²) in [6.07, 6.45) is 4.49. The van der Waals surface area contributed by atoms with Gasteiger partial charge >= 0.3 is 11.9 Å². The summed E-state index contributed by atoms with van der Waals surface area (Å²) in [5, 5.41) is 23.1. The van der Waals surface area contributed by atoms with Crippen LogP contribution in [-0.4, -0.2) is 59.8 Å². The predicted molar refractivity (Wildman–Crippen MR) is 201 cm³/mol. The number of aliphatic hydroxyl groups is 2. The number of aliphatic hydroxyl groups excluding tert-OH is 2. The van der Waals surface area contributed by atoms with Crippen LogP contribution in [0.4, 0.5) is 0 Å². The van der Waals surface area contributed by atoms with Crippen LogP contribution in [0.25, 0.3) is 0 Å². The Labute approximate surface area is 312 Å². The summed E-state index contributed by atoms with van der Waals surface area (Å²) >= 11 is 0. The topological polar surface area (TPSA) is 112 Å². The molecule has 0 radical (unpaired) electrons. The van der Waals surface area contributed by atoms with Crippen LogP contribution in [0.2, 0.25) is 0 Å². The highest BCUT2D eigenvalue weighted by Gasteiger charge is 2.47. The van der Waals surface area contributed by atoms with Gasteiger partial charge in [-0.1, -0.05) is 115 Å². The number of hydrogen-bond acceptors (Lipinski definition) is 8. The predicted octanol–water partition coefficient (Wildman–Crippen LogP) is 7.92. The first kappa shape index (κ1) is 40.4. The van der Waals surface area contributed by atoms with Crippen LogP contribution in [0.3, 0.4) is 0 Å². The van der Waals surface area contributed by atoms with Gasteiger partial charge in [0.25, 0.3) is 0 Å². The first-order valence-corrected chi connectivity index (χ1v) is 19.7. The molecule has 52 heavy (non-hydrogen) atoms. The molecule has 10 atom stereocenters. The molecular formula is C44H64O8. The normalized spacial score (nSPS) is 31.5. The third kappa shape index (κ3) is 10.9. The Bertz CT molecular complexity index is 1290. The van der Waals surface area contributed by atoms with Crippen molar-refractivity contribution < 1.29 is 38.7 Å². The Balaban J connectivity index is 1.20. The minimum absolute atomic E-state index is 0.0373. The lowest BCUT2D eigenvalue weighted by molar-refractivity contribution is -0.170. The number of rotatable bonds is 12. The molecule has 3 aliphatic carbocycles. The monoisotopic (exact) mass is 720 g/mol. The van der Waals surface area contributed by atoms with Crippen LogP contribution in [0.1, 0.15) is 104 Å². The van der Waals surface area contributed by atoms with Gasteiger partial charge in [0.15, 0.2) is 0 Å². The minimum Gasteiger partial charge on any atom is -0.461 e. The molecule has 0 aliphatic heterocycles. The second kappa shape index (κ2) is 18.0. The van der Waals surface area contributed by atoms with Gasteiger partial charge in [-0.25, -0.2) is 0 Å². The quantitative estimate of drug-likeness (QED) is 0.213. The lowest BCUT2D eigenvalue weighted by atomic mass is 9.64. The van der Waals surface area contributed by atoms with Gasteiger partial charge in [0, 0.05) is 11.8 Å². The van der Waals surface area contributed by atoms with E-state index in [1.54, 1.807) is 0 Å². The Morgan fingerprint density at radius 3 is 1.31 bits per heavy atom. The number of ether oxygens (including phenoxy) is 4. The first-order valence-electron chi connectivity index (χ1n) is 19.7. The standard InChI is InChI=1S/C44H64O8/c1-43(2,3)33-21-31(39(45)35(23-33)41(47)51-25-29-15-9-7-10-16-29)27-49-37-19-13-14-20-38(37)50-28-32-22-34(44(4,5)6)24-36(40(32)46)42(48)52-26-30-17-11-8-12-18-30/h7-12,15-18,31-40,45-46H,13-14,19-28H2,1-6H3. The average molecular weight is 721 g/mol. The van der Waals surface area contributed by atoms with Gasteiger partial charge in [0.2, 0.25) is 0 Å². The molecule has 0 heterocycles. The average Bonchev–Trinajstić information content (AvgIpc) is 3.12. The molecule has 3 saturated carbocycles. The van der Waals surface area contributed by atoms with Gasteiger partial charge in [-0.15, -0.1) is 0 Å². The summed E-state index contributed by atoms with van der Waals surface area (Å²) in [6.45, 7) is 14.2. The van der Waals surface area contributed by atoms with Crippen LogP contribution < -0.4 is 0 Å². The van der Waals surface area contributed by atoms with Crippen LogP contribution >= 0.6 is 0 Å². The lowest BCUT2D eigenvalue weighted by Gasteiger charge is -2.44. The maximum absolute atomic E-state index is 13.4. The maximum Gasteiger partial charge on any atom is 0.311 e. The molecule has 0 spiro atoms. The van der Waals surface area contributed by atoms with Gasteiger partial charge in [-0.3, -0.25) is 9.59 Å². The molecule has 0 saturated heterocycles. The van der Waals surface area contributed by atoms with Crippen LogP contribution in [0, 0.1) is 46.3 Å². The van der Waals surface area contributed by atoms with E-state index in [4.69, 9.17) is 18.9 Å². The number of carbonyl (C=O) groups is 2. The van der Waals surface area contributed by atoms with Crippen molar-refractivity contribution in [3.05, 3.63) is 71.8 Å². The van der Waals surface area contributed by atoms with Crippen molar-refractivity contribution in [1.82, 2.24) is 0 Å². The second-order valence-electron chi connectivity index (χ2n) is 18.0. The molecule has 10 unspecified atom stereocenters. The number of hydrogen-bond donors (Lipinski definition) is 2. The molecule has 0 bridgehead atoms. The fourth-order valence-corrected chi connectivity index (χ4v) is 8.58. The highest BCUT2D eigenvalue weighted by molar-refractivity contribution is 5.74. The molecule has 2 N–H and O–H groups in total. The molecule has 2 aromatic carbocycles. The number of esters is 2. The van der Waals surface area contributed by atoms with Gasteiger partial charge < -0.3 is 29.2 Å². The van der Waals surface area contributed by atoms with Crippen molar-refractivity contribution in [3.63, 3.8) is 0 Å². The van der Waals surface area contributed by atoms with Crippen LogP contribution in [-0.2, 0) is 41.8 Å². The third-order valence-electron chi connectivity index (χ3n) is 12.2. The summed E-state index contributed by atoms with van der Waals surface area (Å²) in [5.74, 6) is -1.86. The van der Waals surface area contributed by atoms with E-state index >= 15 is 0 Å². The molecule has 5 rings (SSSR count). The lowest BCUT2D eigenvalue weighted by Crippen LogP contribution is -2.48. The van der Waals surface area contributed by atoms with E-state index in [0.717, 1.165) is 49.7 Å². The summed E-state index contributed by atoms with van der Waals surface area (Å²) in [4.78, 5) is 26.8. The zero-order chi connectivity index (χ0) is 37.5. The molecule has 288 valence electrons. The summed E-state index contributed by atoms with van der Waals surface area (Å²) in [6, 6.07) is 19.3. The minimum atomic E-state index is -0.852. The Morgan fingerprint density at radius 2 is 0.962 bits per heavy atom. The molecule has 0 aromatic heterocycles. The number of carbonyl (C=O) groups excluding carboxylic acids is 2. The highest BCUT2D eigenvalue weighted by Crippen LogP contribution is 2.45. The van der Waals surface area contributed by atoms with E-state index in [9.17, 15) is 19.8 Å². The SMILES string of the molecule is CC(C)(C)C1CC(COC2CCCCC2OCC2CC(C(C)(C)C)CC(C(=O)OCc3ccccc3)C2O)C(O)C(C(=O)OCc2ccccc2)C1. The van der Waals surface area contributed by atoms with Crippen molar-refractivity contribution in [3.8, 4) is 0 Å². The van der Waals surface area contributed by atoms with Crippen molar-refractivity contribution in [1.29, 1.82) is 0 Å². The first-order chi connectivity index (χ1) is 24.7. The van der Waals surface area contributed by atoms with E-state index in [1.807, 2.05) is 60.7 Å². The largest absolute Gasteiger partial charge is 0.461 e. The summed E-state index contributed by atoms with van der Waals surface area (Å²) in [7, 11) is 0. The van der Waals surface area contributed by atoms with Crippen molar-refractivity contribution in [2.24, 2.45) is 46.3 Å². The van der Waals surface area contributed by atoms with Crippen LogP contribution in [0.5, 0.6) is 0 Å². The molecule has 0 amide bonds. The zero-order valence-corrected chi connectivity index (χ0v) is 32.4. The van der Waals surface area contributed by atoms with Gasteiger partial charge in [0.05, 0.1) is 49.5 Å². The molecular weight excluding hydrogens is 656 g/mol. The van der Waals surface area contributed by atoms with E-state index in [0.29, 0.717) is 26.1 Å².